The largest absolute Gasteiger partial charge is 0.464 e. The first-order chi connectivity index (χ1) is 7.26. The third-order valence-electron chi connectivity index (χ3n) is 1.39. The molecule has 0 aromatic carbocycles. The van der Waals surface area contributed by atoms with Gasteiger partial charge in [-0.2, -0.15) is 9.97 Å². The molecule has 0 atom stereocenters. The van der Waals surface area contributed by atoms with E-state index in [2.05, 4.69) is 21.5 Å². The zero-order valence-electron chi connectivity index (χ0n) is 8.44. The molecule has 0 aliphatic rings. The summed E-state index contributed by atoms with van der Waals surface area (Å²) in [5, 5.41) is 0.0575. The van der Waals surface area contributed by atoms with E-state index in [1.807, 2.05) is 6.92 Å². The minimum atomic E-state index is 0.0575. The minimum Gasteiger partial charge on any atom is -0.464 e. The van der Waals surface area contributed by atoms with Gasteiger partial charge in [0.25, 0.3) is 0 Å². The van der Waals surface area contributed by atoms with Gasteiger partial charge in [-0.05, 0) is 24.9 Å². The lowest BCUT2D eigenvalue weighted by Gasteiger charge is -2.04. The Bertz CT molecular complexity index is 333. The third kappa shape index (κ3) is 4.12. The first-order valence-corrected chi connectivity index (χ1v) is 4.92. The van der Waals surface area contributed by atoms with E-state index >= 15 is 0 Å². The second-order valence-corrected chi connectivity index (χ2v) is 2.87. The zero-order chi connectivity index (χ0) is 11.1. The van der Waals surface area contributed by atoms with E-state index in [9.17, 15) is 0 Å². The molecule has 82 valence electrons. The molecule has 15 heavy (non-hydrogen) atoms. The summed E-state index contributed by atoms with van der Waals surface area (Å²) in [6.45, 7) is 6.32. The van der Waals surface area contributed by atoms with E-state index < -0.39 is 0 Å². The number of hydrogen-bond donors (Lipinski definition) is 0. The summed E-state index contributed by atoms with van der Waals surface area (Å²) < 4.78 is 10.3. The number of rotatable bonds is 6. The van der Waals surface area contributed by atoms with Crippen LogP contribution in [0, 0.1) is 0 Å². The fourth-order valence-electron chi connectivity index (χ4n) is 0.806. The number of halogens is 1. The first kappa shape index (κ1) is 11.7. The monoisotopic (exact) mass is 229 g/mol. The van der Waals surface area contributed by atoms with Crippen LogP contribution in [0.15, 0.2) is 12.7 Å². The smallest absolute Gasteiger partial charge is 0.323 e. The molecule has 0 aliphatic heterocycles. The normalized spacial score (nSPS) is 9.73. The quantitative estimate of drug-likeness (QED) is 0.551. The van der Waals surface area contributed by atoms with Crippen LogP contribution in [0.1, 0.15) is 13.3 Å². The summed E-state index contributed by atoms with van der Waals surface area (Å²) in [6.07, 6.45) is 2.46. The van der Waals surface area contributed by atoms with Gasteiger partial charge in [0.2, 0.25) is 5.28 Å². The Morgan fingerprint density at radius 2 is 1.93 bits per heavy atom. The maximum Gasteiger partial charge on any atom is 0.323 e. The van der Waals surface area contributed by atoms with Crippen molar-refractivity contribution in [3.63, 3.8) is 0 Å². The average Bonchev–Trinajstić information content (AvgIpc) is 2.18. The molecule has 1 aromatic rings. The molecular formula is C9H12ClN3O2. The van der Waals surface area contributed by atoms with Gasteiger partial charge in [-0.1, -0.05) is 6.08 Å². The second kappa shape index (κ2) is 6.19. The molecule has 0 aliphatic carbocycles. The van der Waals surface area contributed by atoms with Crippen molar-refractivity contribution in [1.29, 1.82) is 0 Å². The van der Waals surface area contributed by atoms with E-state index in [1.165, 1.54) is 0 Å². The SMILES string of the molecule is C=CCCOc1nc(Cl)nc(OCC)n1. The molecule has 0 fully saturated rings. The van der Waals surface area contributed by atoms with Crippen molar-refractivity contribution in [2.75, 3.05) is 13.2 Å². The van der Waals surface area contributed by atoms with Crippen LogP contribution < -0.4 is 9.47 Å². The van der Waals surface area contributed by atoms with Crippen LogP contribution in [0.4, 0.5) is 0 Å². The van der Waals surface area contributed by atoms with Crippen LogP contribution >= 0.6 is 11.6 Å². The molecule has 0 unspecified atom stereocenters. The van der Waals surface area contributed by atoms with Crippen molar-refractivity contribution in [2.45, 2.75) is 13.3 Å². The number of ether oxygens (including phenoxy) is 2. The maximum absolute atomic E-state index is 5.66. The van der Waals surface area contributed by atoms with Crippen molar-refractivity contribution in [3.05, 3.63) is 17.9 Å². The lowest BCUT2D eigenvalue weighted by molar-refractivity contribution is 0.272. The molecule has 0 spiro atoms. The number of nitrogens with zero attached hydrogens (tertiary/aromatic N) is 3. The van der Waals surface area contributed by atoms with Crippen molar-refractivity contribution in [1.82, 2.24) is 15.0 Å². The predicted molar refractivity (Wildman–Crippen MR) is 56.3 cm³/mol. The Kier molecular flexibility index (Phi) is 4.83. The van der Waals surface area contributed by atoms with E-state index in [1.54, 1.807) is 6.08 Å². The Morgan fingerprint density at radius 3 is 2.53 bits per heavy atom. The lowest BCUT2D eigenvalue weighted by Crippen LogP contribution is -2.04. The molecule has 0 bridgehead atoms. The summed E-state index contributed by atoms with van der Waals surface area (Å²) in [5.74, 6) is 0. The van der Waals surface area contributed by atoms with Crippen molar-refractivity contribution in [3.8, 4) is 12.0 Å². The summed E-state index contributed by atoms with van der Waals surface area (Å²) in [5.41, 5.74) is 0. The van der Waals surface area contributed by atoms with Crippen molar-refractivity contribution < 1.29 is 9.47 Å². The topological polar surface area (TPSA) is 57.1 Å². The summed E-state index contributed by atoms with van der Waals surface area (Å²) in [4.78, 5) is 11.5. The molecule has 0 radical (unpaired) electrons. The van der Waals surface area contributed by atoms with Crippen LogP contribution in [0.5, 0.6) is 12.0 Å². The fraction of sp³-hybridized carbons (Fsp3) is 0.444. The molecule has 1 heterocycles. The van der Waals surface area contributed by atoms with Gasteiger partial charge in [0, 0.05) is 0 Å². The Morgan fingerprint density at radius 1 is 1.27 bits per heavy atom. The van der Waals surface area contributed by atoms with Crippen molar-refractivity contribution in [2.24, 2.45) is 0 Å². The van der Waals surface area contributed by atoms with Crippen molar-refractivity contribution >= 4 is 11.6 Å². The Labute approximate surface area is 93.1 Å². The predicted octanol–water partition coefficient (Wildman–Crippen LogP) is 1.88. The molecule has 0 N–H and O–H groups in total. The first-order valence-electron chi connectivity index (χ1n) is 4.54. The molecule has 1 aromatic heterocycles. The van der Waals surface area contributed by atoms with E-state index in [0.717, 1.165) is 0 Å². The fourth-order valence-corrected chi connectivity index (χ4v) is 0.951. The van der Waals surface area contributed by atoms with Gasteiger partial charge in [-0.15, -0.1) is 11.6 Å². The highest BCUT2D eigenvalue weighted by Gasteiger charge is 2.05. The summed E-state index contributed by atoms with van der Waals surface area (Å²) in [7, 11) is 0. The van der Waals surface area contributed by atoms with Crippen LogP contribution in [0.25, 0.3) is 0 Å². The zero-order valence-corrected chi connectivity index (χ0v) is 9.20. The van der Waals surface area contributed by atoms with Crippen LogP contribution in [0.2, 0.25) is 5.28 Å². The number of aromatic nitrogens is 3. The molecule has 6 heteroatoms. The highest BCUT2D eigenvalue weighted by Crippen LogP contribution is 2.12. The minimum absolute atomic E-state index is 0.0575. The van der Waals surface area contributed by atoms with Gasteiger partial charge in [0.05, 0.1) is 13.2 Å². The molecule has 0 amide bonds. The van der Waals surface area contributed by atoms with E-state index in [0.29, 0.717) is 19.6 Å². The van der Waals surface area contributed by atoms with Gasteiger partial charge in [0.1, 0.15) is 0 Å². The second-order valence-electron chi connectivity index (χ2n) is 2.53. The van der Waals surface area contributed by atoms with Gasteiger partial charge < -0.3 is 9.47 Å². The van der Waals surface area contributed by atoms with Gasteiger partial charge >= 0.3 is 12.0 Å². The summed E-state index contributed by atoms with van der Waals surface area (Å²) >= 11 is 5.66. The maximum atomic E-state index is 5.66. The third-order valence-corrected chi connectivity index (χ3v) is 1.56. The van der Waals surface area contributed by atoms with Gasteiger partial charge in [0.15, 0.2) is 0 Å². The summed E-state index contributed by atoms with van der Waals surface area (Å²) in [6, 6.07) is 0.339. The highest BCUT2D eigenvalue weighted by atomic mass is 35.5. The number of hydrogen-bond acceptors (Lipinski definition) is 5. The molecular weight excluding hydrogens is 218 g/mol. The Hall–Kier alpha value is -1.36. The molecule has 5 nitrogen and oxygen atoms in total. The Balaban J connectivity index is 2.65. The standard InChI is InChI=1S/C9H12ClN3O2/c1-3-5-6-15-9-12-7(10)11-8(13-9)14-4-2/h3H,1,4-6H2,2H3. The van der Waals surface area contributed by atoms with E-state index in [-0.39, 0.29) is 17.3 Å². The van der Waals surface area contributed by atoms with Crippen LogP contribution in [-0.4, -0.2) is 28.2 Å². The van der Waals surface area contributed by atoms with Gasteiger partial charge in [-0.3, -0.25) is 0 Å². The van der Waals surface area contributed by atoms with Gasteiger partial charge in [-0.25, -0.2) is 0 Å². The highest BCUT2D eigenvalue weighted by molar-refractivity contribution is 6.28. The van der Waals surface area contributed by atoms with Crippen LogP contribution in [0.3, 0.4) is 0 Å². The molecule has 0 saturated heterocycles. The van der Waals surface area contributed by atoms with E-state index in [4.69, 9.17) is 21.1 Å². The molecule has 0 saturated carbocycles. The lowest BCUT2D eigenvalue weighted by atomic mass is 10.5. The average molecular weight is 230 g/mol. The molecule has 1 rings (SSSR count). The van der Waals surface area contributed by atoms with Crippen LogP contribution in [-0.2, 0) is 0 Å².